The number of pyridine rings is 1. The molecule has 0 aliphatic carbocycles. The molecule has 0 radical (unpaired) electrons. The number of H-pyrrole nitrogens is 1. The van der Waals surface area contributed by atoms with Crippen molar-refractivity contribution in [2.75, 3.05) is 19.6 Å². The minimum atomic E-state index is -0.565. The quantitative estimate of drug-likeness (QED) is 0.596. The van der Waals surface area contributed by atoms with Gasteiger partial charge < -0.3 is 10.6 Å². The number of hydrogen-bond donors (Lipinski definition) is 2. The Bertz CT molecular complexity index is 1080. The zero-order valence-electron chi connectivity index (χ0n) is 15.8. The second-order valence-corrected chi connectivity index (χ2v) is 6.23. The summed E-state index contributed by atoms with van der Waals surface area (Å²) in [6, 6.07) is 11.3. The molecule has 0 spiro atoms. The lowest BCUT2D eigenvalue weighted by Gasteiger charge is -2.22. The molecule has 0 saturated carbocycles. The minimum absolute atomic E-state index is 0. The zero-order chi connectivity index (χ0) is 19.4. The maximum Gasteiger partial charge on any atom is 0.329 e. The van der Waals surface area contributed by atoms with Gasteiger partial charge in [-0.1, -0.05) is 30.3 Å². The number of nitrogens with zero attached hydrogens (tertiary/aromatic N) is 3. The van der Waals surface area contributed by atoms with E-state index in [0.29, 0.717) is 26.1 Å². The fourth-order valence-corrected chi connectivity index (χ4v) is 2.92. The fourth-order valence-electron chi connectivity index (χ4n) is 2.92. The molecule has 1 amide bonds. The van der Waals surface area contributed by atoms with Crippen molar-refractivity contribution >= 4 is 41.8 Å². The number of carbonyl (C=O) groups excluding carboxylic acids is 1. The first kappa shape index (κ1) is 24.4. The molecule has 10 heteroatoms. The number of nitrogens with one attached hydrogen (secondary N) is 1. The number of rotatable bonds is 6. The third kappa shape index (κ3) is 5.44. The molecule has 1 aromatic carbocycles. The van der Waals surface area contributed by atoms with Crippen molar-refractivity contribution in [2.24, 2.45) is 12.8 Å². The molecule has 2 heterocycles. The average molecular weight is 440 g/mol. The highest BCUT2D eigenvalue weighted by atomic mass is 35.5. The zero-order valence-corrected chi connectivity index (χ0v) is 17.5. The number of hydrogen-bond acceptors (Lipinski definition) is 5. The summed E-state index contributed by atoms with van der Waals surface area (Å²) in [4.78, 5) is 44.7. The average Bonchev–Trinajstić information content (AvgIpc) is 2.69. The summed E-state index contributed by atoms with van der Waals surface area (Å²) in [6.07, 6.45) is 2.08. The summed E-state index contributed by atoms with van der Waals surface area (Å²) in [7, 11) is 1.51. The van der Waals surface area contributed by atoms with Gasteiger partial charge in [-0.05, 0) is 18.1 Å². The van der Waals surface area contributed by atoms with Crippen molar-refractivity contribution in [2.45, 2.75) is 6.42 Å². The second-order valence-electron chi connectivity index (χ2n) is 6.23. The molecule has 3 N–H and O–H groups in total. The van der Waals surface area contributed by atoms with Gasteiger partial charge >= 0.3 is 5.69 Å². The fraction of sp³-hybridized carbons (Fsp3) is 0.263. The van der Waals surface area contributed by atoms with Crippen molar-refractivity contribution < 1.29 is 4.79 Å². The predicted octanol–water partition coefficient (Wildman–Crippen LogP) is 1.11. The van der Waals surface area contributed by atoms with E-state index in [4.69, 9.17) is 5.73 Å². The van der Waals surface area contributed by atoms with Crippen molar-refractivity contribution in [1.29, 1.82) is 0 Å². The Kier molecular flexibility index (Phi) is 9.03. The van der Waals surface area contributed by atoms with E-state index in [2.05, 4.69) is 9.97 Å². The Hall–Kier alpha value is -2.68. The van der Waals surface area contributed by atoms with Crippen LogP contribution in [-0.2, 0) is 13.5 Å². The predicted molar refractivity (Wildman–Crippen MR) is 117 cm³/mol. The van der Waals surface area contributed by atoms with Crippen LogP contribution in [0.2, 0.25) is 0 Å². The smallest absolute Gasteiger partial charge is 0.329 e. The molecular weight excluding hydrogens is 417 g/mol. The topological polar surface area (TPSA) is 114 Å². The van der Waals surface area contributed by atoms with Gasteiger partial charge in [-0.15, -0.1) is 24.8 Å². The van der Waals surface area contributed by atoms with Crippen LogP contribution in [0.25, 0.3) is 11.0 Å². The van der Waals surface area contributed by atoms with Crippen molar-refractivity contribution in [1.82, 2.24) is 19.4 Å². The van der Waals surface area contributed by atoms with Gasteiger partial charge in [0.2, 0.25) is 0 Å². The summed E-state index contributed by atoms with van der Waals surface area (Å²) in [6.45, 7) is 1.23. The van der Waals surface area contributed by atoms with Gasteiger partial charge in [-0.2, -0.15) is 0 Å². The van der Waals surface area contributed by atoms with Crippen LogP contribution >= 0.6 is 24.8 Å². The van der Waals surface area contributed by atoms with Crippen LogP contribution in [0.1, 0.15) is 15.9 Å². The lowest BCUT2D eigenvalue weighted by molar-refractivity contribution is 0.0762. The largest absolute Gasteiger partial charge is 0.337 e. The highest BCUT2D eigenvalue weighted by molar-refractivity contribution is 5.96. The summed E-state index contributed by atoms with van der Waals surface area (Å²) in [5, 5.41) is 0.193. The van der Waals surface area contributed by atoms with Crippen molar-refractivity contribution in [3.05, 3.63) is 74.6 Å². The summed E-state index contributed by atoms with van der Waals surface area (Å²) < 4.78 is 1.23. The number of aryl methyl sites for hydroxylation is 1. The number of benzene rings is 1. The monoisotopic (exact) mass is 439 g/mol. The highest BCUT2D eigenvalue weighted by Gasteiger charge is 2.17. The summed E-state index contributed by atoms with van der Waals surface area (Å²) in [5.41, 5.74) is 6.19. The molecule has 8 nitrogen and oxygen atoms in total. The molecule has 0 aliphatic heterocycles. The van der Waals surface area contributed by atoms with E-state index in [9.17, 15) is 14.4 Å². The van der Waals surface area contributed by atoms with Gasteiger partial charge in [-0.3, -0.25) is 19.1 Å². The maximum atomic E-state index is 12.9. The van der Waals surface area contributed by atoms with E-state index >= 15 is 0 Å². The molecule has 2 aromatic heterocycles. The summed E-state index contributed by atoms with van der Waals surface area (Å²) >= 11 is 0. The molecule has 3 rings (SSSR count). The van der Waals surface area contributed by atoms with Crippen LogP contribution < -0.4 is 17.0 Å². The number of carbonyl (C=O) groups is 1. The van der Waals surface area contributed by atoms with E-state index < -0.39 is 11.2 Å². The Labute approximate surface area is 179 Å². The van der Waals surface area contributed by atoms with Crippen molar-refractivity contribution in [3.8, 4) is 0 Å². The first-order chi connectivity index (χ1) is 13.0. The van der Waals surface area contributed by atoms with Crippen molar-refractivity contribution in [3.63, 3.8) is 0 Å². The molecule has 0 atom stereocenters. The van der Waals surface area contributed by atoms with E-state index in [0.717, 1.165) is 5.56 Å². The molecule has 0 aliphatic rings. The van der Waals surface area contributed by atoms with Crippen LogP contribution in [0.15, 0.2) is 52.2 Å². The first-order valence-electron chi connectivity index (χ1n) is 8.63. The lowest BCUT2D eigenvalue weighted by Crippen LogP contribution is -2.37. The van der Waals surface area contributed by atoms with Gasteiger partial charge in [0, 0.05) is 32.9 Å². The van der Waals surface area contributed by atoms with Gasteiger partial charge in [0.15, 0.2) is 0 Å². The van der Waals surface area contributed by atoms with Gasteiger partial charge in [0.25, 0.3) is 11.5 Å². The number of amides is 1. The molecule has 0 fully saturated rings. The number of nitrogens with two attached hydrogens (primary N) is 1. The number of fused-ring (bicyclic) bond motifs is 1. The molecule has 29 heavy (non-hydrogen) atoms. The van der Waals surface area contributed by atoms with E-state index in [1.54, 1.807) is 4.90 Å². The first-order valence-corrected chi connectivity index (χ1v) is 8.63. The summed E-state index contributed by atoms with van der Waals surface area (Å²) in [5.74, 6) is -0.251. The Morgan fingerprint density at radius 1 is 1.17 bits per heavy atom. The van der Waals surface area contributed by atoms with E-state index in [1.807, 2.05) is 30.3 Å². The maximum absolute atomic E-state index is 12.9. The SMILES string of the molecule is Cl.Cl.Cn1c(=O)[nH]c(=O)c2cc(C(=O)N(CCN)CCc3ccccc3)cnc21. The molecule has 0 saturated heterocycles. The standard InChI is InChI=1S/C19H21N5O3.2ClH/c1-23-16-15(17(25)22-19(23)27)11-14(12-21-16)18(26)24(10-8-20)9-7-13-5-3-2-4-6-13;;/h2-6,11-12H,7-10,20H2,1H3,(H,22,25,27);2*1H. The van der Waals surface area contributed by atoms with E-state index in [-0.39, 0.29) is 47.3 Å². The van der Waals surface area contributed by atoms with Crippen LogP contribution in [0, 0.1) is 0 Å². The van der Waals surface area contributed by atoms with E-state index in [1.165, 1.54) is 23.9 Å². The number of aromatic amines is 1. The van der Waals surface area contributed by atoms with Crippen LogP contribution in [-0.4, -0.2) is 45.0 Å². The van der Waals surface area contributed by atoms with Gasteiger partial charge in [0.1, 0.15) is 5.65 Å². The molecular formula is C19H23Cl2N5O3. The third-order valence-corrected chi connectivity index (χ3v) is 4.40. The highest BCUT2D eigenvalue weighted by Crippen LogP contribution is 2.11. The Morgan fingerprint density at radius 3 is 2.52 bits per heavy atom. The number of halogens is 2. The Balaban J connectivity index is 0.00000210. The molecule has 0 bridgehead atoms. The number of aromatic nitrogens is 3. The molecule has 0 unspecified atom stereocenters. The Morgan fingerprint density at radius 2 is 1.86 bits per heavy atom. The third-order valence-electron chi connectivity index (χ3n) is 4.40. The van der Waals surface area contributed by atoms with Gasteiger partial charge in [0.05, 0.1) is 10.9 Å². The van der Waals surface area contributed by atoms with Crippen LogP contribution in [0.4, 0.5) is 0 Å². The molecule has 3 aromatic rings. The van der Waals surface area contributed by atoms with Crippen LogP contribution in [0.5, 0.6) is 0 Å². The molecule has 156 valence electrons. The van der Waals surface area contributed by atoms with Crippen LogP contribution in [0.3, 0.4) is 0 Å². The normalized spacial score (nSPS) is 10.1. The van der Waals surface area contributed by atoms with Gasteiger partial charge in [-0.25, -0.2) is 9.78 Å². The second kappa shape index (κ2) is 10.8. The lowest BCUT2D eigenvalue weighted by atomic mass is 10.1. The minimum Gasteiger partial charge on any atom is -0.337 e.